The third-order valence-electron chi connectivity index (χ3n) is 8.72. The number of amides is 3. The number of nitrogens with one attached hydrogen (secondary N) is 3. The molecule has 0 saturated heterocycles. The molecular weight excluding hydrogens is 502 g/mol. The minimum atomic E-state index is -0.660. The van der Waals surface area contributed by atoms with Crippen molar-refractivity contribution in [3.8, 4) is 11.1 Å². The maximum absolute atomic E-state index is 12.3. The molecule has 2 fully saturated rings. The molecule has 0 aliphatic heterocycles. The average Bonchev–Trinajstić information content (AvgIpc) is 3.25. The summed E-state index contributed by atoms with van der Waals surface area (Å²) in [5.41, 5.74) is 6.36. The van der Waals surface area contributed by atoms with Gasteiger partial charge in [-0.2, -0.15) is 0 Å². The largest absolute Gasteiger partial charge is 0.449 e. The highest BCUT2D eigenvalue weighted by molar-refractivity contribution is 5.87. The Labute approximate surface area is 234 Å². The molecule has 0 bridgehead atoms. The summed E-state index contributed by atoms with van der Waals surface area (Å²) < 4.78 is 5.46. The first-order valence-corrected chi connectivity index (χ1v) is 14.2. The van der Waals surface area contributed by atoms with Crippen LogP contribution in [0.25, 0.3) is 11.1 Å². The quantitative estimate of drug-likeness (QED) is 0.373. The van der Waals surface area contributed by atoms with E-state index in [2.05, 4.69) is 70.5 Å². The average molecular weight is 538 g/mol. The van der Waals surface area contributed by atoms with Crippen LogP contribution in [-0.2, 0) is 20.7 Å². The van der Waals surface area contributed by atoms with Crippen LogP contribution < -0.4 is 16.0 Å². The Morgan fingerprint density at radius 1 is 0.725 bits per heavy atom. The molecule has 3 aliphatic carbocycles. The highest BCUT2D eigenvalue weighted by atomic mass is 16.5. The van der Waals surface area contributed by atoms with E-state index in [-0.39, 0.29) is 37.6 Å². The van der Waals surface area contributed by atoms with Crippen LogP contribution in [0.2, 0.25) is 0 Å². The molecule has 7 nitrogen and oxygen atoms in total. The van der Waals surface area contributed by atoms with Crippen molar-refractivity contribution >= 4 is 17.9 Å². The lowest BCUT2D eigenvalue weighted by atomic mass is 9.49. The molecule has 40 heavy (non-hydrogen) atoms. The van der Waals surface area contributed by atoms with Crippen LogP contribution in [0.5, 0.6) is 0 Å². The zero-order valence-corrected chi connectivity index (χ0v) is 22.5. The predicted molar refractivity (Wildman–Crippen MR) is 153 cm³/mol. The van der Waals surface area contributed by atoms with E-state index < -0.39 is 12.0 Å². The minimum absolute atomic E-state index is 0.0454. The summed E-state index contributed by atoms with van der Waals surface area (Å²) in [6.45, 7) is -0.176. The van der Waals surface area contributed by atoms with Crippen molar-refractivity contribution in [1.29, 1.82) is 0 Å². The highest BCUT2D eigenvalue weighted by Gasteiger charge is 2.52. The van der Waals surface area contributed by atoms with E-state index in [9.17, 15) is 14.4 Å². The van der Waals surface area contributed by atoms with Crippen LogP contribution in [0.15, 0.2) is 78.9 Å². The fourth-order valence-corrected chi connectivity index (χ4v) is 7.00. The van der Waals surface area contributed by atoms with Crippen molar-refractivity contribution in [2.45, 2.75) is 44.1 Å². The molecule has 3 aliphatic rings. The summed E-state index contributed by atoms with van der Waals surface area (Å²) in [5.74, 6) is 0.0595. The molecule has 206 valence electrons. The van der Waals surface area contributed by atoms with Crippen molar-refractivity contribution in [1.82, 2.24) is 16.0 Å². The van der Waals surface area contributed by atoms with E-state index in [1.165, 1.54) is 18.4 Å². The SMILES string of the molecule is O=C(CNC(=O)OCC1c2ccccc2-c2ccccc21)NCC(=O)NC1CC2(CC(Cc3ccccc3)C2)C1. The van der Waals surface area contributed by atoms with E-state index in [4.69, 9.17) is 4.74 Å². The van der Waals surface area contributed by atoms with Crippen LogP contribution in [0.4, 0.5) is 4.79 Å². The predicted octanol–water partition coefficient (Wildman–Crippen LogP) is 4.56. The Hall–Kier alpha value is -4.13. The van der Waals surface area contributed by atoms with Gasteiger partial charge in [-0.3, -0.25) is 9.59 Å². The first-order chi connectivity index (χ1) is 19.5. The molecule has 3 aromatic carbocycles. The molecule has 7 heteroatoms. The standard InChI is InChI=1S/C33H35N3O4/c37-30(19-35-32(39)40-21-29-27-12-6-4-10-25(27)26-11-5-7-13-28(26)29)34-20-31(38)36-24-17-33(18-24)15-23(16-33)14-22-8-2-1-3-9-22/h1-13,23-24,29H,14-21H2,(H,34,37)(H,35,39)(H,36,38). The van der Waals surface area contributed by atoms with Gasteiger partial charge in [0.1, 0.15) is 13.2 Å². The number of carbonyl (C=O) groups is 3. The van der Waals surface area contributed by atoms with E-state index in [0.29, 0.717) is 5.41 Å². The Morgan fingerprint density at radius 2 is 1.32 bits per heavy atom. The lowest BCUT2D eigenvalue weighted by Crippen LogP contribution is -2.57. The Balaban J connectivity index is 0.858. The second kappa shape index (κ2) is 11.2. The number of alkyl carbamates (subject to hydrolysis) is 1. The molecule has 1 spiro atoms. The summed E-state index contributed by atoms with van der Waals surface area (Å²) in [6.07, 6.45) is 4.96. The van der Waals surface area contributed by atoms with Crippen molar-refractivity contribution in [2.24, 2.45) is 11.3 Å². The van der Waals surface area contributed by atoms with Crippen LogP contribution in [0, 0.1) is 11.3 Å². The van der Waals surface area contributed by atoms with Gasteiger partial charge in [-0.15, -0.1) is 0 Å². The van der Waals surface area contributed by atoms with E-state index in [1.54, 1.807) is 0 Å². The number of hydrogen-bond acceptors (Lipinski definition) is 4. The number of hydrogen-bond donors (Lipinski definition) is 3. The van der Waals surface area contributed by atoms with Gasteiger partial charge in [0.05, 0.1) is 6.54 Å². The molecule has 3 amide bonds. The van der Waals surface area contributed by atoms with Crippen LogP contribution in [0.1, 0.15) is 48.3 Å². The Kier molecular flexibility index (Phi) is 7.29. The molecule has 3 N–H and O–H groups in total. The van der Waals surface area contributed by atoms with E-state index in [1.807, 2.05) is 24.3 Å². The second-order valence-electron chi connectivity index (χ2n) is 11.6. The second-order valence-corrected chi connectivity index (χ2v) is 11.6. The van der Waals surface area contributed by atoms with E-state index >= 15 is 0 Å². The van der Waals surface area contributed by atoms with Gasteiger partial charge in [-0.25, -0.2) is 4.79 Å². The maximum Gasteiger partial charge on any atom is 0.407 e. The van der Waals surface area contributed by atoms with Gasteiger partial charge >= 0.3 is 6.09 Å². The summed E-state index contributed by atoms with van der Waals surface area (Å²) in [6, 6.07) is 27.0. The van der Waals surface area contributed by atoms with Gasteiger partial charge in [0.25, 0.3) is 0 Å². The van der Waals surface area contributed by atoms with Crippen molar-refractivity contribution < 1.29 is 19.1 Å². The van der Waals surface area contributed by atoms with Crippen molar-refractivity contribution in [3.05, 3.63) is 95.6 Å². The number of fused-ring (bicyclic) bond motifs is 3. The van der Waals surface area contributed by atoms with Crippen molar-refractivity contribution in [2.75, 3.05) is 19.7 Å². The third kappa shape index (κ3) is 5.60. The monoisotopic (exact) mass is 537 g/mol. The molecule has 2 saturated carbocycles. The Bertz CT molecular complexity index is 1350. The van der Waals surface area contributed by atoms with Gasteiger partial charge in [-0.05, 0) is 71.3 Å². The van der Waals surface area contributed by atoms with Gasteiger partial charge in [0, 0.05) is 12.0 Å². The van der Waals surface area contributed by atoms with Crippen LogP contribution in [0.3, 0.4) is 0 Å². The molecule has 0 aromatic heterocycles. The zero-order valence-electron chi connectivity index (χ0n) is 22.5. The van der Waals surface area contributed by atoms with Gasteiger partial charge < -0.3 is 20.7 Å². The lowest BCUT2D eigenvalue weighted by molar-refractivity contribution is -0.128. The normalized spacial score (nSPS) is 22.3. The van der Waals surface area contributed by atoms with Crippen molar-refractivity contribution in [3.63, 3.8) is 0 Å². The van der Waals surface area contributed by atoms with Gasteiger partial charge in [-0.1, -0.05) is 78.9 Å². The zero-order chi connectivity index (χ0) is 27.5. The summed E-state index contributed by atoms with van der Waals surface area (Å²) >= 11 is 0. The van der Waals surface area contributed by atoms with Crippen LogP contribution >= 0.6 is 0 Å². The smallest absolute Gasteiger partial charge is 0.407 e. The molecule has 0 heterocycles. The van der Waals surface area contributed by atoms with Crippen LogP contribution in [-0.4, -0.2) is 43.6 Å². The minimum Gasteiger partial charge on any atom is -0.449 e. The molecule has 0 radical (unpaired) electrons. The summed E-state index contributed by atoms with van der Waals surface area (Å²) in [5, 5.41) is 8.09. The first kappa shape index (κ1) is 26.1. The highest BCUT2D eigenvalue weighted by Crippen LogP contribution is 2.59. The first-order valence-electron chi connectivity index (χ1n) is 14.2. The maximum atomic E-state index is 12.3. The topological polar surface area (TPSA) is 96.5 Å². The molecule has 6 rings (SSSR count). The number of rotatable bonds is 9. The van der Waals surface area contributed by atoms with Gasteiger partial charge in [0.15, 0.2) is 0 Å². The lowest BCUT2D eigenvalue weighted by Gasteiger charge is -2.58. The Morgan fingerprint density at radius 3 is 2.00 bits per heavy atom. The fourth-order valence-electron chi connectivity index (χ4n) is 7.00. The number of ether oxygens (including phenoxy) is 1. The summed E-state index contributed by atoms with van der Waals surface area (Å²) in [4.78, 5) is 36.8. The van der Waals surface area contributed by atoms with E-state index in [0.717, 1.165) is 47.4 Å². The van der Waals surface area contributed by atoms with Gasteiger partial charge in [0.2, 0.25) is 11.8 Å². The molecule has 0 unspecified atom stereocenters. The fraction of sp³-hybridized carbons (Fsp3) is 0.364. The summed E-state index contributed by atoms with van der Waals surface area (Å²) in [7, 11) is 0. The third-order valence-corrected chi connectivity index (χ3v) is 8.72. The number of carbonyl (C=O) groups excluding carboxylic acids is 3. The number of benzene rings is 3. The molecule has 0 atom stereocenters. The molecular formula is C33H35N3O4. The molecule has 3 aromatic rings.